The van der Waals surface area contributed by atoms with Gasteiger partial charge in [-0.25, -0.2) is 0 Å². The zero-order valence-corrected chi connectivity index (χ0v) is 10.9. The molecule has 92 valence electrons. The third kappa shape index (κ3) is 1.38. The van der Waals surface area contributed by atoms with Gasteiger partial charge >= 0.3 is 0 Å². The van der Waals surface area contributed by atoms with Crippen molar-refractivity contribution in [1.82, 2.24) is 9.80 Å². The molecule has 0 saturated carbocycles. The highest BCUT2D eigenvalue weighted by molar-refractivity contribution is 5.14. The first-order chi connectivity index (χ1) is 7.43. The molecule has 4 fully saturated rings. The molecule has 0 radical (unpaired) electrons. The number of rotatable bonds is 2. The highest BCUT2D eigenvalue weighted by Crippen LogP contribution is 2.50. The van der Waals surface area contributed by atoms with Crippen molar-refractivity contribution >= 4 is 0 Å². The van der Waals surface area contributed by atoms with E-state index in [4.69, 9.17) is 5.73 Å². The molecule has 4 bridgehead atoms. The van der Waals surface area contributed by atoms with E-state index in [1.54, 1.807) is 0 Å². The molecule has 0 aromatic carbocycles. The Morgan fingerprint density at radius 2 is 1.75 bits per heavy atom. The summed E-state index contributed by atoms with van der Waals surface area (Å²) >= 11 is 0. The summed E-state index contributed by atoms with van der Waals surface area (Å²) < 4.78 is 0. The highest BCUT2D eigenvalue weighted by Gasteiger charge is 2.59. The Bertz CT molecular complexity index is 280. The molecule has 4 aliphatic heterocycles. The van der Waals surface area contributed by atoms with Crippen LogP contribution in [0.5, 0.6) is 0 Å². The fraction of sp³-hybridized carbons (Fsp3) is 1.00. The fourth-order valence-corrected chi connectivity index (χ4v) is 4.81. The highest BCUT2D eigenvalue weighted by atomic mass is 15.4. The van der Waals surface area contributed by atoms with Gasteiger partial charge < -0.3 is 5.73 Å². The molecule has 0 spiro atoms. The molecule has 0 amide bonds. The van der Waals surface area contributed by atoms with Crippen molar-refractivity contribution in [3.8, 4) is 0 Å². The minimum atomic E-state index is 0.337. The van der Waals surface area contributed by atoms with E-state index < -0.39 is 0 Å². The topological polar surface area (TPSA) is 32.5 Å². The number of hydrogen-bond acceptors (Lipinski definition) is 3. The second-order valence-electron chi connectivity index (χ2n) is 7.21. The zero-order valence-electron chi connectivity index (χ0n) is 10.9. The van der Waals surface area contributed by atoms with Crippen molar-refractivity contribution in [2.24, 2.45) is 22.5 Å². The van der Waals surface area contributed by atoms with Crippen LogP contribution in [0.4, 0.5) is 0 Å². The van der Waals surface area contributed by atoms with Gasteiger partial charge in [0.05, 0.1) is 6.67 Å². The average Bonchev–Trinajstić information content (AvgIpc) is 2.11. The maximum absolute atomic E-state index is 6.63. The van der Waals surface area contributed by atoms with E-state index in [0.29, 0.717) is 16.9 Å². The van der Waals surface area contributed by atoms with E-state index in [0.717, 1.165) is 5.92 Å². The Morgan fingerprint density at radius 1 is 1.19 bits per heavy atom. The second kappa shape index (κ2) is 3.21. The number of nitrogens with two attached hydrogens (primary N) is 1. The van der Waals surface area contributed by atoms with Gasteiger partial charge in [-0.05, 0) is 12.3 Å². The minimum absolute atomic E-state index is 0.337. The molecule has 3 atom stereocenters. The van der Waals surface area contributed by atoms with Crippen molar-refractivity contribution in [2.45, 2.75) is 33.2 Å². The molecule has 4 saturated heterocycles. The standard InChI is InChI=1S/C13H25N3/c1-10(2)4-13-7-15-5-12(3,11(13)14)6-16(8-13)9-15/h10-11H,4-9,14H2,1-3H3. The Morgan fingerprint density at radius 3 is 2.25 bits per heavy atom. The van der Waals surface area contributed by atoms with E-state index in [2.05, 4.69) is 30.6 Å². The third-order valence-corrected chi connectivity index (χ3v) is 4.87. The van der Waals surface area contributed by atoms with Crippen LogP contribution in [-0.2, 0) is 0 Å². The predicted molar refractivity (Wildman–Crippen MR) is 66.0 cm³/mol. The van der Waals surface area contributed by atoms with Gasteiger partial charge in [-0.1, -0.05) is 20.8 Å². The van der Waals surface area contributed by atoms with Crippen LogP contribution in [0.3, 0.4) is 0 Å². The Hall–Kier alpha value is -0.120. The molecule has 4 aliphatic rings. The largest absolute Gasteiger partial charge is 0.327 e. The summed E-state index contributed by atoms with van der Waals surface area (Å²) in [6.07, 6.45) is 1.29. The minimum Gasteiger partial charge on any atom is -0.327 e. The van der Waals surface area contributed by atoms with E-state index in [9.17, 15) is 0 Å². The molecule has 0 aromatic rings. The number of nitrogens with zero attached hydrogens (tertiary/aromatic N) is 2. The van der Waals surface area contributed by atoms with E-state index in [1.165, 1.54) is 39.3 Å². The zero-order chi connectivity index (χ0) is 11.6. The molecule has 3 unspecified atom stereocenters. The number of piperidine rings is 2. The SMILES string of the molecule is CC(C)CC12CN3CN(CC(C)(C3)C1N)C2. The van der Waals surface area contributed by atoms with E-state index in [-0.39, 0.29) is 0 Å². The van der Waals surface area contributed by atoms with Crippen LogP contribution >= 0.6 is 0 Å². The van der Waals surface area contributed by atoms with Crippen LogP contribution in [-0.4, -0.2) is 48.7 Å². The lowest BCUT2D eigenvalue weighted by atomic mass is 9.57. The molecular formula is C13H25N3. The first-order valence-electron chi connectivity index (χ1n) is 6.64. The van der Waals surface area contributed by atoms with Crippen LogP contribution in [0.2, 0.25) is 0 Å². The molecule has 0 aromatic heterocycles. The summed E-state index contributed by atoms with van der Waals surface area (Å²) in [5.41, 5.74) is 7.34. The second-order valence-corrected chi connectivity index (χ2v) is 7.21. The van der Waals surface area contributed by atoms with Gasteiger partial charge in [0, 0.05) is 43.1 Å². The molecule has 4 rings (SSSR count). The summed E-state index contributed by atoms with van der Waals surface area (Å²) in [4.78, 5) is 5.25. The molecule has 4 heterocycles. The fourth-order valence-electron chi connectivity index (χ4n) is 4.81. The first kappa shape index (κ1) is 11.0. The Kier molecular flexibility index (Phi) is 2.21. The molecule has 16 heavy (non-hydrogen) atoms. The summed E-state index contributed by atoms with van der Waals surface area (Å²) in [7, 11) is 0. The molecular weight excluding hydrogens is 198 g/mol. The average molecular weight is 223 g/mol. The van der Waals surface area contributed by atoms with Gasteiger partial charge in [-0.15, -0.1) is 0 Å². The van der Waals surface area contributed by atoms with E-state index in [1.807, 2.05) is 0 Å². The van der Waals surface area contributed by atoms with Gasteiger partial charge in [0.1, 0.15) is 0 Å². The summed E-state index contributed by atoms with van der Waals surface area (Å²) in [5.74, 6) is 0.758. The Balaban J connectivity index is 1.93. The van der Waals surface area contributed by atoms with Crippen molar-refractivity contribution in [3.63, 3.8) is 0 Å². The first-order valence-corrected chi connectivity index (χ1v) is 6.64. The lowest BCUT2D eigenvalue weighted by Gasteiger charge is -2.67. The molecule has 2 N–H and O–H groups in total. The van der Waals surface area contributed by atoms with Gasteiger partial charge in [0.25, 0.3) is 0 Å². The van der Waals surface area contributed by atoms with Gasteiger partial charge in [0.2, 0.25) is 0 Å². The van der Waals surface area contributed by atoms with Crippen molar-refractivity contribution in [2.75, 3.05) is 32.8 Å². The predicted octanol–water partition coefficient (Wildman–Crippen LogP) is 0.955. The van der Waals surface area contributed by atoms with Crippen LogP contribution in [0, 0.1) is 16.7 Å². The quantitative estimate of drug-likeness (QED) is 0.757. The third-order valence-electron chi connectivity index (χ3n) is 4.87. The number of hydrogen-bond donors (Lipinski definition) is 1. The summed E-state index contributed by atoms with van der Waals surface area (Å²) in [6.45, 7) is 13.1. The lowest BCUT2D eigenvalue weighted by molar-refractivity contribution is -0.178. The Labute approximate surface area is 99.0 Å². The van der Waals surface area contributed by atoms with Gasteiger partial charge in [-0.2, -0.15) is 0 Å². The van der Waals surface area contributed by atoms with Crippen molar-refractivity contribution in [3.05, 3.63) is 0 Å². The maximum Gasteiger partial charge on any atom is 0.0507 e. The molecule has 3 nitrogen and oxygen atoms in total. The summed E-state index contributed by atoms with van der Waals surface area (Å²) in [5, 5.41) is 0. The smallest absolute Gasteiger partial charge is 0.0507 e. The van der Waals surface area contributed by atoms with Crippen LogP contribution in [0.25, 0.3) is 0 Å². The normalized spacial score (nSPS) is 54.9. The lowest BCUT2D eigenvalue weighted by Crippen LogP contribution is -2.79. The summed E-state index contributed by atoms with van der Waals surface area (Å²) in [6, 6.07) is 0.398. The van der Waals surface area contributed by atoms with Crippen LogP contribution in [0.1, 0.15) is 27.2 Å². The molecule has 3 heteroatoms. The van der Waals surface area contributed by atoms with Gasteiger partial charge in [-0.3, -0.25) is 9.80 Å². The van der Waals surface area contributed by atoms with Gasteiger partial charge in [0.15, 0.2) is 0 Å². The maximum atomic E-state index is 6.63. The van der Waals surface area contributed by atoms with Crippen molar-refractivity contribution in [1.29, 1.82) is 0 Å². The van der Waals surface area contributed by atoms with Crippen molar-refractivity contribution < 1.29 is 0 Å². The van der Waals surface area contributed by atoms with Crippen LogP contribution in [0.15, 0.2) is 0 Å². The van der Waals surface area contributed by atoms with Crippen LogP contribution < -0.4 is 5.73 Å². The molecule has 0 aliphatic carbocycles. The monoisotopic (exact) mass is 223 g/mol. The van der Waals surface area contributed by atoms with E-state index >= 15 is 0 Å².